The molecule has 1 heterocycles. The molecule has 1 aromatic heterocycles. The molecule has 0 aliphatic carbocycles. The fraction of sp³-hybridized carbons (Fsp3) is 0.750. The van der Waals surface area contributed by atoms with E-state index in [1.807, 2.05) is 25.7 Å². The highest BCUT2D eigenvalue weighted by Gasteiger charge is 2.12. The van der Waals surface area contributed by atoms with E-state index in [2.05, 4.69) is 21.9 Å². The van der Waals surface area contributed by atoms with Gasteiger partial charge in [0.05, 0.1) is 6.10 Å². The van der Waals surface area contributed by atoms with Crippen LogP contribution in [0.5, 0.6) is 6.01 Å². The van der Waals surface area contributed by atoms with E-state index in [-0.39, 0.29) is 12.1 Å². The van der Waals surface area contributed by atoms with Crippen molar-refractivity contribution in [2.45, 2.75) is 46.6 Å². The van der Waals surface area contributed by atoms with Crippen LogP contribution in [0.4, 0.5) is 11.9 Å². The highest BCUT2D eigenvalue weighted by molar-refractivity contribution is 5.35. The van der Waals surface area contributed by atoms with Crippen LogP contribution < -0.4 is 15.4 Å². The summed E-state index contributed by atoms with van der Waals surface area (Å²) in [5, 5.41) is 0. The quantitative estimate of drug-likeness (QED) is 0.799. The van der Waals surface area contributed by atoms with Crippen molar-refractivity contribution in [1.82, 2.24) is 15.0 Å². The molecule has 0 spiro atoms. The van der Waals surface area contributed by atoms with E-state index in [4.69, 9.17) is 10.5 Å². The van der Waals surface area contributed by atoms with Crippen LogP contribution in [0.25, 0.3) is 0 Å². The van der Waals surface area contributed by atoms with Crippen molar-refractivity contribution in [3.63, 3.8) is 0 Å². The van der Waals surface area contributed by atoms with E-state index >= 15 is 0 Å². The van der Waals surface area contributed by atoms with Crippen molar-refractivity contribution in [3.05, 3.63) is 0 Å². The van der Waals surface area contributed by atoms with Gasteiger partial charge in [-0.2, -0.15) is 15.0 Å². The van der Waals surface area contributed by atoms with E-state index in [0.717, 1.165) is 25.9 Å². The molecule has 2 N–H and O–H groups in total. The van der Waals surface area contributed by atoms with E-state index in [9.17, 15) is 0 Å². The van der Waals surface area contributed by atoms with E-state index in [1.54, 1.807) is 0 Å². The minimum absolute atomic E-state index is 0.0846. The standard InChI is InChI=1S/C12H23N5O/c1-5-8-9(4)18-12-15-10(13)14-11(16-12)17(6-2)7-3/h9H,5-8H2,1-4H3,(H2,13,14,15,16). The molecule has 1 rings (SSSR count). The third kappa shape index (κ3) is 4.01. The van der Waals surface area contributed by atoms with Gasteiger partial charge in [0.1, 0.15) is 0 Å². The smallest absolute Gasteiger partial charge is 0.323 e. The topological polar surface area (TPSA) is 77.2 Å². The Morgan fingerprint density at radius 3 is 2.39 bits per heavy atom. The Morgan fingerprint density at radius 1 is 1.17 bits per heavy atom. The first-order chi connectivity index (χ1) is 8.60. The Balaban J connectivity index is 2.86. The molecule has 102 valence electrons. The zero-order valence-corrected chi connectivity index (χ0v) is 11.7. The molecule has 1 atom stereocenters. The summed E-state index contributed by atoms with van der Waals surface area (Å²) < 4.78 is 5.65. The summed E-state index contributed by atoms with van der Waals surface area (Å²) in [5.74, 6) is 0.775. The predicted molar refractivity (Wildman–Crippen MR) is 72.8 cm³/mol. The first-order valence-corrected chi connectivity index (χ1v) is 6.53. The number of nitrogens with zero attached hydrogens (tertiary/aromatic N) is 4. The Bertz CT molecular complexity index is 367. The minimum atomic E-state index is 0.0846. The number of ether oxygens (including phenoxy) is 1. The maximum absolute atomic E-state index is 5.69. The fourth-order valence-corrected chi connectivity index (χ4v) is 1.71. The molecule has 0 saturated carbocycles. The van der Waals surface area contributed by atoms with Crippen molar-refractivity contribution < 1.29 is 4.74 Å². The maximum atomic E-state index is 5.69. The second kappa shape index (κ2) is 6.98. The van der Waals surface area contributed by atoms with Crippen LogP contribution in [-0.2, 0) is 0 Å². The summed E-state index contributed by atoms with van der Waals surface area (Å²) in [4.78, 5) is 14.5. The highest BCUT2D eigenvalue weighted by atomic mass is 16.5. The molecular formula is C12H23N5O. The molecule has 0 amide bonds. The van der Waals surface area contributed by atoms with Gasteiger partial charge in [-0.1, -0.05) is 13.3 Å². The van der Waals surface area contributed by atoms with Gasteiger partial charge in [-0.25, -0.2) is 0 Å². The fourth-order valence-electron chi connectivity index (χ4n) is 1.71. The molecule has 6 heteroatoms. The monoisotopic (exact) mass is 253 g/mol. The van der Waals surface area contributed by atoms with E-state index in [0.29, 0.717) is 12.0 Å². The third-order valence-electron chi connectivity index (χ3n) is 2.67. The second-order valence-corrected chi connectivity index (χ2v) is 4.17. The summed E-state index contributed by atoms with van der Waals surface area (Å²) >= 11 is 0. The van der Waals surface area contributed by atoms with E-state index < -0.39 is 0 Å². The average Bonchev–Trinajstić information content (AvgIpc) is 2.30. The molecule has 0 aliphatic heterocycles. The molecule has 0 aromatic carbocycles. The largest absolute Gasteiger partial charge is 0.460 e. The molecule has 0 bridgehead atoms. The van der Waals surface area contributed by atoms with Crippen molar-refractivity contribution in [2.24, 2.45) is 0 Å². The average molecular weight is 253 g/mol. The van der Waals surface area contributed by atoms with Crippen molar-refractivity contribution in [3.8, 4) is 6.01 Å². The van der Waals surface area contributed by atoms with Gasteiger partial charge >= 0.3 is 6.01 Å². The minimum Gasteiger partial charge on any atom is -0.460 e. The summed E-state index contributed by atoms with van der Waals surface area (Å²) in [6, 6.07) is 0.311. The molecule has 18 heavy (non-hydrogen) atoms. The SMILES string of the molecule is CCCC(C)Oc1nc(N)nc(N(CC)CC)n1. The van der Waals surface area contributed by atoms with Crippen LogP contribution in [0.15, 0.2) is 0 Å². The van der Waals surface area contributed by atoms with E-state index in [1.165, 1.54) is 0 Å². The third-order valence-corrected chi connectivity index (χ3v) is 2.67. The van der Waals surface area contributed by atoms with Crippen molar-refractivity contribution in [1.29, 1.82) is 0 Å². The molecule has 6 nitrogen and oxygen atoms in total. The summed E-state index contributed by atoms with van der Waals surface area (Å²) in [5.41, 5.74) is 5.69. The lowest BCUT2D eigenvalue weighted by atomic mass is 10.2. The number of hydrogen-bond donors (Lipinski definition) is 1. The molecule has 0 saturated heterocycles. The Kier molecular flexibility index (Phi) is 5.61. The number of aromatic nitrogens is 3. The first kappa shape index (κ1) is 14.5. The number of rotatable bonds is 7. The lowest BCUT2D eigenvalue weighted by molar-refractivity contribution is 0.192. The normalized spacial score (nSPS) is 12.2. The molecule has 1 aromatic rings. The summed E-state index contributed by atoms with van der Waals surface area (Å²) in [7, 11) is 0. The summed E-state index contributed by atoms with van der Waals surface area (Å²) in [6.45, 7) is 9.85. The zero-order valence-electron chi connectivity index (χ0n) is 11.7. The number of nitrogen functional groups attached to an aromatic ring is 1. The van der Waals surface area contributed by atoms with Crippen LogP contribution in [-0.4, -0.2) is 34.1 Å². The van der Waals surface area contributed by atoms with Gasteiger partial charge in [0.15, 0.2) is 0 Å². The van der Waals surface area contributed by atoms with Gasteiger partial charge < -0.3 is 15.4 Å². The van der Waals surface area contributed by atoms with Gasteiger partial charge in [0.25, 0.3) is 0 Å². The van der Waals surface area contributed by atoms with Crippen molar-refractivity contribution in [2.75, 3.05) is 23.7 Å². The molecule has 1 unspecified atom stereocenters. The van der Waals surface area contributed by atoms with Gasteiger partial charge in [-0.15, -0.1) is 0 Å². The van der Waals surface area contributed by atoms with Gasteiger partial charge in [-0.3, -0.25) is 0 Å². The lowest BCUT2D eigenvalue weighted by Gasteiger charge is -2.19. The van der Waals surface area contributed by atoms with Crippen LogP contribution in [0.3, 0.4) is 0 Å². The first-order valence-electron chi connectivity index (χ1n) is 6.53. The Labute approximate surface area is 109 Å². The van der Waals surface area contributed by atoms with Gasteiger partial charge in [0, 0.05) is 13.1 Å². The Hall–Kier alpha value is -1.59. The summed E-state index contributed by atoms with van der Waals surface area (Å²) in [6.07, 6.45) is 2.11. The molecule has 0 fully saturated rings. The molecule has 0 radical (unpaired) electrons. The Morgan fingerprint density at radius 2 is 1.83 bits per heavy atom. The van der Waals surface area contributed by atoms with Crippen LogP contribution in [0.1, 0.15) is 40.5 Å². The number of anilines is 2. The number of nitrogens with two attached hydrogens (primary N) is 1. The van der Waals surface area contributed by atoms with Gasteiger partial charge in [-0.05, 0) is 27.2 Å². The predicted octanol–water partition coefficient (Wildman–Crippen LogP) is 1.87. The van der Waals surface area contributed by atoms with Crippen LogP contribution >= 0.6 is 0 Å². The molecule has 0 aliphatic rings. The zero-order chi connectivity index (χ0) is 13.5. The lowest BCUT2D eigenvalue weighted by Crippen LogP contribution is -2.25. The highest BCUT2D eigenvalue weighted by Crippen LogP contribution is 2.15. The number of hydrogen-bond acceptors (Lipinski definition) is 6. The molecular weight excluding hydrogens is 230 g/mol. The van der Waals surface area contributed by atoms with Crippen LogP contribution in [0.2, 0.25) is 0 Å². The van der Waals surface area contributed by atoms with Gasteiger partial charge in [0.2, 0.25) is 11.9 Å². The second-order valence-electron chi connectivity index (χ2n) is 4.17. The maximum Gasteiger partial charge on any atom is 0.323 e. The van der Waals surface area contributed by atoms with Crippen molar-refractivity contribution >= 4 is 11.9 Å². The van der Waals surface area contributed by atoms with Crippen LogP contribution in [0, 0.1) is 0 Å².